The quantitative estimate of drug-likeness (QED) is 0.289. The van der Waals surface area contributed by atoms with E-state index in [9.17, 15) is 19.2 Å². The van der Waals surface area contributed by atoms with Crippen molar-refractivity contribution in [3.05, 3.63) is 71.1 Å². The highest BCUT2D eigenvalue weighted by atomic mass is 32.1. The van der Waals surface area contributed by atoms with Crippen LogP contribution in [0, 0.1) is 0 Å². The SMILES string of the molecule is CCC(C)(C)OC(=O)N[C@@H](C(=O)N1CCC[C@H]1C(=O)Nc1nc(-c2ccc(C(=O)NC3CC3)cc2)cs1)c1ccccc1. The molecule has 5 rings (SSSR count). The molecule has 2 heterocycles. The fourth-order valence-electron chi connectivity index (χ4n) is 4.81. The van der Waals surface area contributed by atoms with Gasteiger partial charge in [0.2, 0.25) is 5.91 Å². The molecule has 3 aromatic rings. The van der Waals surface area contributed by atoms with Crippen LogP contribution in [-0.4, -0.2) is 57.9 Å². The van der Waals surface area contributed by atoms with Crippen molar-refractivity contribution in [1.29, 1.82) is 0 Å². The fourth-order valence-corrected chi connectivity index (χ4v) is 5.54. The number of ether oxygens (including phenoxy) is 1. The zero-order chi connectivity index (χ0) is 30.6. The van der Waals surface area contributed by atoms with Crippen LogP contribution in [0.15, 0.2) is 60.0 Å². The van der Waals surface area contributed by atoms with Crippen LogP contribution < -0.4 is 16.0 Å². The molecule has 1 aliphatic carbocycles. The number of carbonyl (C=O) groups excluding carboxylic acids is 4. The lowest BCUT2D eigenvalue weighted by Crippen LogP contribution is -2.49. The van der Waals surface area contributed by atoms with Crippen molar-refractivity contribution in [3.63, 3.8) is 0 Å². The summed E-state index contributed by atoms with van der Waals surface area (Å²) < 4.78 is 5.55. The summed E-state index contributed by atoms with van der Waals surface area (Å²) in [5, 5.41) is 10.8. The van der Waals surface area contributed by atoms with Crippen LogP contribution in [0.3, 0.4) is 0 Å². The minimum atomic E-state index is -1.00. The Balaban J connectivity index is 1.25. The average molecular weight is 604 g/mol. The molecule has 10 nitrogen and oxygen atoms in total. The first-order valence-electron chi connectivity index (χ1n) is 14.7. The maximum absolute atomic E-state index is 13.8. The average Bonchev–Trinajstić information content (AvgIpc) is 3.47. The molecule has 1 saturated heterocycles. The molecular weight excluding hydrogens is 566 g/mol. The molecule has 2 aromatic carbocycles. The Morgan fingerprint density at radius 2 is 1.77 bits per heavy atom. The third-order valence-corrected chi connectivity index (χ3v) is 8.55. The van der Waals surface area contributed by atoms with E-state index in [1.54, 1.807) is 50.2 Å². The number of carbonyl (C=O) groups is 4. The number of rotatable bonds is 10. The summed E-state index contributed by atoms with van der Waals surface area (Å²) in [5.74, 6) is -0.788. The highest BCUT2D eigenvalue weighted by Gasteiger charge is 2.39. The van der Waals surface area contributed by atoms with Gasteiger partial charge in [-0.1, -0.05) is 49.4 Å². The monoisotopic (exact) mass is 603 g/mol. The maximum Gasteiger partial charge on any atom is 0.408 e. The Bertz CT molecular complexity index is 1470. The highest BCUT2D eigenvalue weighted by Crippen LogP contribution is 2.29. The summed E-state index contributed by atoms with van der Waals surface area (Å²) in [6, 6.07) is 14.7. The van der Waals surface area contributed by atoms with E-state index in [1.807, 2.05) is 30.5 Å². The number of amides is 4. The highest BCUT2D eigenvalue weighted by molar-refractivity contribution is 7.14. The zero-order valence-electron chi connectivity index (χ0n) is 24.6. The predicted molar refractivity (Wildman–Crippen MR) is 165 cm³/mol. The van der Waals surface area contributed by atoms with Gasteiger partial charge in [0.15, 0.2) is 5.13 Å². The summed E-state index contributed by atoms with van der Waals surface area (Å²) in [6.45, 7) is 5.92. The first-order chi connectivity index (χ1) is 20.6. The molecule has 1 saturated carbocycles. The van der Waals surface area contributed by atoms with Gasteiger partial charge in [-0.05, 0) is 63.6 Å². The first kappa shape index (κ1) is 30.2. The molecular formula is C32H37N5O5S. The number of nitrogens with one attached hydrogen (secondary N) is 3. The van der Waals surface area contributed by atoms with Gasteiger partial charge in [-0.25, -0.2) is 9.78 Å². The number of aromatic nitrogens is 1. The van der Waals surface area contributed by atoms with Crippen LogP contribution in [0.5, 0.6) is 0 Å². The molecule has 3 N–H and O–H groups in total. The molecule has 226 valence electrons. The topological polar surface area (TPSA) is 130 Å². The molecule has 11 heteroatoms. The summed E-state index contributed by atoms with van der Waals surface area (Å²) in [7, 11) is 0. The second-order valence-corrected chi connectivity index (χ2v) is 12.4. The molecule has 0 unspecified atom stereocenters. The van der Waals surface area contributed by atoms with E-state index in [2.05, 4.69) is 20.9 Å². The van der Waals surface area contributed by atoms with Crippen LogP contribution in [-0.2, 0) is 14.3 Å². The van der Waals surface area contributed by atoms with Gasteiger partial charge in [0.25, 0.3) is 11.8 Å². The maximum atomic E-state index is 13.8. The smallest absolute Gasteiger partial charge is 0.408 e. The van der Waals surface area contributed by atoms with Gasteiger partial charge in [0, 0.05) is 29.1 Å². The Morgan fingerprint density at radius 3 is 2.44 bits per heavy atom. The second-order valence-electron chi connectivity index (χ2n) is 11.5. The summed E-state index contributed by atoms with van der Waals surface area (Å²) >= 11 is 1.29. The first-order valence-corrected chi connectivity index (χ1v) is 15.5. The Kier molecular flexibility index (Phi) is 9.10. The second kappa shape index (κ2) is 12.9. The molecule has 2 fully saturated rings. The van der Waals surface area contributed by atoms with Gasteiger partial charge in [0.05, 0.1) is 5.69 Å². The number of alkyl carbamates (subject to hydrolysis) is 1. The Morgan fingerprint density at radius 1 is 1.05 bits per heavy atom. The number of likely N-dealkylation sites (tertiary alicyclic amines) is 1. The lowest BCUT2D eigenvalue weighted by atomic mass is 10.0. The number of benzene rings is 2. The zero-order valence-corrected chi connectivity index (χ0v) is 25.4. The number of anilines is 1. The van der Waals surface area contributed by atoms with E-state index in [4.69, 9.17) is 4.74 Å². The number of hydrogen-bond acceptors (Lipinski definition) is 7. The van der Waals surface area contributed by atoms with Gasteiger partial charge in [-0.3, -0.25) is 14.4 Å². The molecule has 0 spiro atoms. The van der Waals surface area contributed by atoms with Crippen molar-refractivity contribution in [2.75, 3.05) is 11.9 Å². The largest absolute Gasteiger partial charge is 0.444 e. The minimum Gasteiger partial charge on any atom is -0.444 e. The molecule has 43 heavy (non-hydrogen) atoms. The Labute approximate surface area is 255 Å². The van der Waals surface area contributed by atoms with Gasteiger partial charge in [-0.2, -0.15) is 0 Å². The standard InChI is InChI=1S/C32H37N5O5S/c1-4-32(2,3)42-31(41)35-26(21-9-6-5-7-10-21)29(40)37-18-8-11-25(37)28(39)36-30-34-24(19-43-30)20-12-14-22(15-13-20)27(38)33-23-16-17-23/h5-7,9-10,12-15,19,23,25-26H,4,8,11,16-18H2,1-3H3,(H,33,38)(H,35,41)(H,34,36,39)/t25-,26+/m0/s1. The summed E-state index contributed by atoms with van der Waals surface area (Å²) in [5.41, 5.74) is 2.01. The van der Waals surface area contributed by atoms with Crippen molar-refractivity contribution in [1.82, 2.24) is 20.5 Å². The van der Waals surface area contributed by atoms with E-state index in [-0.39, 0.29) is 23.8 Å². The number of thiazole rings is 1. The van der Waals surface area contributed by atoms with E-state index < -0.39 is 23.8 Å². The van der Waals surface area contributed by atoms with E-state index in [0.29, 0.717) is 47.8 Å². The van der Waals surface area contributed by atoms with Crippen molar-refractivity contribution in [2.45, 2.75) is 76.6 Å². The summed E-state index contributed by atoms with van der Waals surface area (Å²) in [4.78, 5) is 58.4. The molecule has 1 aromatic heterocycles. The lowest BCUT2D eigenvalue weighted by molar-refractivity contribution is -0.138. The van der Waals surface area contributed by atoms with E-state index in [0.717, 1.165) is 18.4 Å². The van der Waals surface area contributed by atoms with Crippen LogP contribution in [0.2, 0.25) is 0 Å². The van der Waals surface area contributed by atoms with Crippen LogP contribution in [0.1, 0.15) is 74.8 Å². The third-order valence-electron chi connectivity index (χ3n) is 7.79. The molecule has 0 radical (unpaired) electrons. The van der Waals surface area contributed by atoms with Crippen LogP contribution in [0.4, 0.5) is 9.93 Å². The van der Waals surface area contributed by atoms with Crippen molar-refractivity contribution >= 4 is 40.3 Å². The van der Waals surface area contributed by atoms with Crippen molar-refractivity contribution in [2.24, 2.45) is 0 Å². The minimum absolute atomic E-state index is 0.0812. The van der Waals surface area contributed by atoms with E-state index >= 15 is 0 Å². The van der Waals surface area contributed by atoms with Gasteiger partial charge < -0.3 is 25.6 Å². The number of nitrogens with zero attached hydrogens (tertiary/aromatic N) is 2. The van der Waals surface area contributed by atoms with Gasteiger partial charge >= 0.3 is 6.09 Å². The predicted octanol–water partition coefficient (Wildman–Crippen LogP) is 5.29. The van der Waals surface area contributed by atoms with Gasteiger partial charge in [-0.15, -0.1) is 11.3 Å². The molecule has 0 bridgehead atoms. The number of hydrogen-bond donors (Lipinski definition) is 3. The lowest BCUT2D eigenvalue weighted by Gasteiger charge is -2.30. The molecule has 1 aliphatic heterocycles. The van der Waals surface area contributed by atoms with Crippen molar-refractivity contribution in [3.8, 4) is 11.3 Å². The fraction of sp³-hybridized carbons (Fsp3) is 0.406. The van der Waals surface area contributed by atoms with Crippen LogP contribution >= 0.6 is 11.3 Å². The molecule has 2 aliphatic rings. The molecule has 2 atom stereocenters. The normalized spacial score (nSPS) is 17.2. The van der Waals surface area contributed by atoms with Crippen molar-refractivity contribution < 1.29 is 23.9 Å². The van der Waals surface area contributed by atoms with Crippen LogP contribution in [0.25, 0.3) is 11.3 Å². The molecule has 4 amide bonds. The van der Waals surface area contributed by atoms with E-state index in [1.165, 1.54) is 16.2 Å². The van der Waals surface area contributed by atoms with Gasteiger partial charge in [0.1, 0.15) is 17.7 Å². The summed E-state index contributed by atoms with van der Waals surface area (Å²) in [6.07, 6.45) is 3.12. The third kappa shape index (κ3) is 7.59. The Hall–Kier alpha value is -4.25.